The predicted molar refractivity (Wildman–Crippen MR) is 62.1 cm³/mol. The maximum absolute atomic E-state index is 11.9. The minimum atomic E-state index is -0.621. The molecule has 0 fully saturated rings. The van der Waals surface area contributed by atoms with Crippen molar-refractivity contribution >= 4 is 5.78 Å². The van der Waals surface area contributed by atoms with Crippen molar-refractivity contribution in [2.45, 2.75) is 12.5 Å². The Labute approximate surface area is 99.0 Å². The van der Waals surface area contributed by atoms with Gasteiger partial charge in [-0.15, -0.1) is 0 Å². The molecule has 2 rings (SSSR count). The lowest BCUT2D eigenvalue weighted by molar-refractivity contribution is -0.119. The lowest BCUT2D eigenvalue weighted by Crippen LogP contribution is -2.22. The molecule has 2 N–H and O–H groups in total. The van der Waals surface area contributed by atoms with Crippen LogP contribution in [0.5, 0.6) is 0 Å². The van der Waals surface area contributed by atoms with Crippen LogP contribution >= 0.6 is 0 Å². The number of nitrogens with zero attached hydrogens (tertiary/aromatic N) is 4. The maximum atomic E-state index is 11.9. The summed E-state index contributed by atoms with van der Waals surface area (Å²) in [6.07, 6.45) is 7.16. The van der Waals surface area contributed by atoms with Crippen molar-refractivity contribution in [2.75, 3.05) is 0 Å². The molecule has 2 aromatic heterocycles. The third-order valence-electron chi connectivity index (χ3n) is 2.57. The molecular weight excluding hydrogens is 218 g/mol. The van der Waals surface area contributed by atoms with Crippen molar-refractivity contribution in [1.29, 1.82) is 0 Å². The molecule has 0 radical (unpaired) electrons. The van der Waals surface area contributed by atoms with Gasteiger partial charge < -0.3 is 5.73 Å². The second-order valence-corrected chi connectivity index (χ2v) is 4.09. The smallest absolute Gasteiger partial charge is 0.158 e. The van der Waals surface area contributed by atoms with Crippen molar-refractivity contribution in [2.24, 2.45) is 19.8 Å². The van der Waals surface area contributed by atoms with Crippen molar-refractivity contribution < 1.29 is 4.79 Å². The molecule has 6 heteroatoms. The van der Waals surface area contributed by atoms with Crippen LogP contribution in [0.25, 0.3) is 0 Å². The summed E-state index contributed by atoms with van der Waals surface area (Å²) < 4.78 is 3.30. The molecule has 0 saturated heterocycles. The van der Waals surface area contributed by atoms with E-state index in [4.69, 9.17) is 5.73 Å². The van der Waals surface area contributed by atoms with E-state index in [1.54, 1.807) is 35.0 Å². The molecule has 2 aromatic rings. The van der Waals surface area contributed by atoms with Gasteiger partial charge in [0.1, 0.15) is 0 Å². The average molecular weight is 233 g/mol. The standard InChI is InChI=1S/C11H15N5O/c1-15-6-8(4-13-15)3-10(17)11(12)9-5-14-16(2)7-9/h4-7,11H,3,12H2,1-2H3. The molecule has 2 heterocycles. The lowest BCUT2D eigenvalue weighted by atomic mass is 10.0. The van der Waals surface area contributed by atoms with Crippen LogP contribution in [0.15, 0.2) is 24.8 Å². The Morgan fingerprint density at radius 1 is 1.29 bits per heavy atom. The SMILES string of the molecule is Cn1cc(CC(=O)C(N)c2cnn(C)c2)cn1. The zero-order valence-electron chi connectivity index (χ0n) is 9.87. The van der Waals surface area contributed by atoms with Crippen molar-refractivity contribution in [1.82, 2.24) is 19.6 Å². The molecule has 0 saturated carbocycles. The number of aromatic nitrogens is 4. The number of ketones is 1. The first kappa shape index (κ1) is 11.5. The summed E-state index contributed by atoms with van der Waals surface area (Å²) in [6, 6.07) is -0.621. The highest BCUT2D eigenvalue weighted by atomic mass is 16.1. The van der Waals surface area contributed by atoms with Crippen molar-refractivity contribution in [3.8, 4) is 0 Å². The Bertz CT molecular complexity index is 527. The first-order valence-electron chi connectivity index (χ1n) is 5.30. The van der Waals surface area contributed by atoms with Gasteiger partial charge in [0.25, 0.3) is 0 Å². The highest BCUT2D eigenvalue weighted by molar-refractivity contribution is 5.86. The van der Waals surface area contributed by atoms with Crippen LogP contribution in [0, 0.1) is 0 Å². The molecule has 0 aliphatic rings. The number of Topliss-reactive ketones (excluding diaryl/α,β-unsaturated/α-hetero) is 1. The Hall–Kier alpha value is -1.95. The zero-order chi connectivity index (χ0) is 12.4. The number of carbonyl (C=O) groups is 1. The quantitative estimate of drug-likeness (QED) is 0.804. The number of aryl methyl sites for hydroxylation is 2. The van der Waals surface area contributed by atoms with E-state index in [9.17, 15) is 4.79 Å². The van der Waals surface area contributed by atoms with Crippen LogP contribution in [0.3, 0.4) is 0 Å². The molecule has 0 bridgehead atoms. The van der Waals surface area contributed by atoms with Crippen LogP contribution in [-0.4, -0.2) is 25.3 Å². The first-order valence-corrected chi connectivity index (χ1v) is 5.30. The van der Waals surface area contributed by atoms with Gasteiger partial charge in [0, 0.05) is 38.5 Å². The van der Waals surface area contributed by atoms with Gasteiger partial charge in [0.15, 0.2) is 5.78 Å². The van der Waals surface area contributed by atoms with E-state index in [2.05, 4.69) is 10.2 Å². The fourth-order valence-electron chi connectivity index (χ4n) is 1.66. The van der Waals surface area contributed by atoms with Gasteiger partial charge >= 0.3 is 0 Å². The number of carbonyl (C=O) groups excluding carboxylic acids is 1. The molecule has 1 unspecified atom stereocenters. The van der Waals surface area contributed by atoms with E-state index in [1.807, 2.05) is 13.2 Å². The lowest BCUT2D eigenvalue weighted by Gasteiger charge is -2.06. The van der Waals surface area contributed by atoms with E-state index < -0.39 is 6.04 Å². The molecule has 0 aromatic carbocycles. The largest absolute Gasteiger partial charge is 0.318 e. The van der Waals surface area contributed by atoms with Crippen LogP contribution in [-0.2, 0) is 25.3 Å². The molecule has 0 spiro atoms. The highest BCUT2D eigenvalue weighted by Crippen LogP contribution is 2.12. The third kappa shape index (κ3) is 2.59. The first-order chi connectivity index (χ1) is 8.06. The average Bonchev–Trinajstić information content (AvgIpc) is 2.87. The van der Waals surface area contributed by atoms with Crippen LogP contribution in [0.4, 0.5) is 0 Å². The van der Waals surface area contributed by atoms with Crippen molar-refractivity contribution in [3.63, 3.8) is 0 Å². The van der Waals surface area contributed by atoms with Gasteiger partial charge in [0.05, 0.1) is 18.4 Å². The molecule has 6 nitrogen and oxygen atoms in total. The van der Waals surface area contributed by atoms with Crippen molar-refractivity contribution in [3.05, 3.63) is 35.9 Å². The summed E-state index contributed by atoms with van der Waals surface area (Å²) in [5.41, 5.74) is 7.49. The molecular formula is C11H15N5O. The summed E-state index contributed by atoms with van der Waals surface area (Å²) in [6.45, 7) is 0. The predicted octanol–water partition coefficient (Wildman–Crippen LogP) is -0.0348. The second-order valence-electron chi connectivity index (χ2n) is 4.09. The Kier molecular flexibility index (Phi) is 3.06. The van der Waals surface area contributed by atoms with Crippen LogP contribution in [0.1, 0.15) is 17.2 Å². The van der Waals surface area contributed by atoms with E-state index in [1.165, 1.54) is 0 Å². The van der Waals surface area contributed by atoms with Gasteiger partial charge in [-0.3, -0.25) is 14.2 Å². The summed E-state index contributed by atoms with van der Waals surface area (Å²) in [4.78, 5) is 11.9. The van der Waals surface area contributed by atoms with E-state index >= 15 is 0 Å². The van der Waals surface area contributed by atoms with Gasteiger partial charge in [-0.05, 0) is 5.56 Å². The molecule has 0 aliphatic heterocycles. The molecule has 1 atom stereocenters. The highest BCUT2D eigenvalue weighted by Gasteiger charge is 2.18. The number of nitrogens with two attached hydrogens (primary N) is 1. The van der Waals surface area contributed by atoms with Gasteiger partial charge in [-0.25, -0.2) is 0 Å². The number of rotatable bonds is 4. The monoisotopic (exact) mass is 233 g/mol. The zero-order valence-corrected chi connectivity index (χ0v) is 9.87. The number of hydrogen-bond donors (Lipinski definition) is 1. The summed E-state index contributed by atoms with van der Waals surface area (Å²) >= 11 is 0. The summed E-state index contributed by atoms with van der Waals surface area (Å²) in [5.74, 6) is -0.0361. The van der Waals surface area contributed by atoms with Gasteiger partial charge in [-0.2, -0.15) is 10.2 Å². The van der Waals surface area contributed by atoms with Crippen LogP contribution in [0.2, 0.25) is 0 Å². The third-order valence-corrected chi connectivity index (χ3v) is 2.57. The summed E-state index contributed by atoms with van der Waals surface area (Å²) in [5, 5.41) is 8.01. The minimum Gasteiger partial charge on any atom is -0.318 e. The van der Waals surface area contributed by atoms with Crippen LogP contribution < -0.4 is 5.73 Å². The Morgan fingerprint density at radius 2 is 1.94 bits per heavy atom. The molecule has 17 heavy (non-hydrogen) atoms. The Balaban J connectivity index is 2.05. The number of hydrogen-bond acceptors (Lipinski definition) is 4. The fraction of sp³-hybridized carbons (Fsp3) is 0.364. The summed E-state index contributed by atoms with van der Waals surface area (Å²) in [7, 11) is 3.61. The molecule has 0 aliphatic carbocycles. The normalized spacial score (nSPS) is 12.6. The minimum absolute atomic E-state index is 0.0361. The van der Waals surface area contributed by atoms with E-state index in [0.717, 1.165) is 11.1 Å². The van der Waals surface area contributed by atoms with Gasteiger partial charge in [-0.1, -0.05) is 0 Å². The molecule has 90 valence electrons. The van der Waals surface area contributed by atoms with E-state index in [-0.39, 0.29) is 5.78 Å². The fourth-order valence-corrected chi connectivity index (χ4v) is 1.66. The topological polar surface area (TPSA) is 78.7 Å². The molecule has 0 amide bonds. The van der Waals surface area contributed by atoms with Gasteiger partial charge in [0.2, 0.25) is 0 Å². The van der Waals surface area contributed by atoms with E-state index in [0.29, 0.717) is 6.42 Å². The second kappa shape index (κ2) is 4.50. The maximum Gasteiger partial charge on any atom is 0.158 e. The Morgan fingerprint density at radius 3 is 2.47 bits per heavy atom.